The van der Waals surface area contributed by atoms with Crippen LogP contribution in [0.1, 0.15) is 376 Å². The van der Waals surface area contributed by atoms with Crippen LogP contribution < -0.4 is 0 Å². The molecule has 0 heterocycles. The Hall–Kier alpha value is -1.94. The van der Waals surface area contributed by atoms with Crippen LogP contribution in [0, 0.1) is 17.8 Å². The van der Waals surface area contributed by atoms with E-state index in [9.17, 15) is 43.2 Å². The van der Waals surface area contributed by atoms with Crippen LogP contribution in [0.5, 0.6) is 0 Å². The van der Waals surface area contributed by atoms with Gasteiger partial charge in [-0.2, -0.15) is 0 Å². The number of rotatable bonds is 72. The molecule has 93 heavy (non-hydrogen) atoms. The van der Waals surface area contributed by atoms with E-state index in [1.165, 1.54) is 186 Å². The van der Waals surface area contributed by atoms with Crippen LogP contribution in [0.3, 0.4) is 0 Å². The monoisotopic (exact) mass is 1370 g/mol. The Morgan fingerprint density at radius 3 is 0.731 bits per heavy atom. The molecule has 3 N–H and O–H groups in total. The molecule has 0 saturated carbocycles. The van der Waals surface area contributed by atoms with Gasteiger partial charge in [0.15, 0.2) is 12.2 Å². The molecule has 19 heteroatoms. The van der Waals surface area contributed by atoms with Crippen molar-refractivity contribution in [3.8, 4) is 0 Å². The summed E-state index contributed by atoms with van der Waals surface area (Å²) in [5, 5.41) is 10.6. The fourth-order valence-corrected chi connectivity index (χ4v) is 12.8. The lowest BCUT2D eigenvalue weighted by atomic mass is 10.0. The number of phosphoric ester groups is 2. The van der Waals surface area contributed by atoms with Crippen LogP contribution in [-0.2, 0) is 65.4 Å². The summed E-state index contributed by atoms with van der Waals surface area (Å²) in [5.74, 6) is 0.182. The maximum Gasteiger partial charge on any atom is 0.472 e. The first kappa shape index (κ1) is 91.1. The second-order valence-electron chi connectivity index (χ2n) is 28.1. The van der Waals surface area contributed by atoms with E-state index in [4.69, 9.17) is 37.0 Å². The molecule has 0 aromatic carbocycles. The SMILES string of the molecule is CCCCCCCCCCCCC(=O)OC[C@H](COP(=O)(O)OC[C@H](O)COP(=O)(O)OC[C@@H](COC(=O)CCCCCCCCCCCCCC(C)C)OC(=O)CCCCCCCCCCCCCCCCC(C)C)OC(=O)CCCCCCCCCCCC(C)C. The van der Waals surface area contributed by atoms with Crippen molar-refractivity contribution in [1.29, 1.82) is 0 Å². The summed E-state index contributed by atoms with van der Waals surface area (Å²) >= 11 is 0. The third-order valence-corrected chi connectivity index (χ3v) is 19.0. The van der Waals surface area contributed by atoms with Gasteiger partial charge in [-0.25, -0.2) is 9.13 Å². The number of esters is 4. The number of ether oxygens (including phenoxy) is 4. The van der Waals surface area contributed by atoms with E-state index < -0.39 is 97.5 Å². The lowest BCUT2D eigenvalue weighted by Gasteiger charge is -2.21. The molecule has 0 radical (unpaired) electrons. The standard InChI is InChI=1S/C74H144O17P2/c1-8-9-10-11-12-13-27-34-41-48-55-71(76)84-61-70(91-74(79)58-51-44-37-30-23-26-33-40-47-54-67(6)7)64-89-93(82,83)87-60-68(75)59-86-92(80,81)88-63-69(62-85-72(77)56-49-42-35-28-22-18-20-25-32-39-46-53-66(4)5)90-73(78)57-50-43-36-29-21-17-15-14-16-19-24-31-38-45-52-65(2)3/h65-70,75H,8-64H2,1-7H3,(H,80,81)(H,82,83)/t68-,69-,70-/m1/s1. The molecule has 0 saturated heterocycles. The minimum atomic E-state index is -4.96. The molecule has 552 valence electrons. The van der Waals surface area contributed by atoms with Gasteiger partial charge in [-0.15, -0.1) is 0 Å². The molecule has 0 aromatic rings. The molecule has 5 atom stereocenters. The van der Waals surface area contributed by atoms with E-state index in [1.54, 1.807) is 0 Å². The van der Waals surface area contributed by atoms with Gasteiger partial charge in [-0.3, -0.25) is 37.3 Å². The van der Waals surface area contributed by atoms with Crippen molar-refractivity contribution >= 4 is 39.5 Å². The van der Waals surface area contributed by atoms with Gasteiger partial charge in [0.1, 0.15) is 19.3 Å². The van der Waals surface area contributed by atoms with Crippen molar-refractivity contribution in [2.24, 2.45) is 17.8 Å². The molecule has 2 unspecified atom stereocenters. The maximum absolute atomic E-state index is 13.1. The first-order valence-electron chi connectivity index (χ1n) is 38.3. The van der Waals surface area contributed by atoms with E-state index in [0.717, 1.165) is 108 Å². The predicted molar refractivity (Wildman–Crippen MR) is 377 cm³/mol. The van der Waals surface area contributed by atoms with Gasteiger partial charge >= 0.3 is 39.5 Å². The Balaban J connectivity index is 5.25. The topological polar surface area (TPSA) is 237 Å². The molecule has 0 aromatic heterocycles. The molecule has 0 rings (SSSR count). The van der Waals surface area contributed by atoms with Crippen molar-refractivity contribution in [3.63, 3.8) is 0 Å². The molecular formula is C74H144O17P2. The first-order valence-corrected chi connectivity index (χ1v) is 41.3. The van der Waals surface area contributed by atoms with Crippen molar-refractivity contribution in [1.82, 2.24) is 0 Å². The third-order valence-electron chi connectivity index (χ3n) is 17.1. The summed E-state index contributed by atoms with van der Waals surface area (Å²) in [5.41, 5.74) is 0. The summed E-state index contributed by atoms with van der Waals surface area (Å²) in [4.78, 5) is 72.7. The summed E-state index contributed by atoms with van der Waals surface area (Å²) in [7, 11) is -9.91. The average molecular weight is 1370 g/mol. The molecule has 0 bridgehead atoms. The van der Waals surface area contributed by atoms with E-state index in [1.807, 2.05) is 0 Å². The zero-order valence-corrected chi connectivity index (χ0v) is 62.5. The molecule has 0 spiro atoms. The van der Waals surface area contributed by atoms with Crippen molar-refractivity contribution in [3.05, 3.63) is 0 Å². The second kappa shape index (κ2) is 64.7. The van der Waals surface area contributed by atoms with E-state index >= 15 is 0 Å². The molecule has 0 aliphatic heterocycles. The number of carbonyl (C=O) groups is 4. The van der Waals surface area contributed by atoms with E-state index in [2.05, 4.69) is 48.5 Å². The Morgan fingerprint density at radius 1 is 0.290 bits per heavy atom. The lowest BCUT2D eigenvalue weighted by molar-refractivity contribution is -0.161. The lowest BCUT2D eigenvalue weighted by Crippen LogP contribution is -2.30. The quantitative estimate of drug-likeness (QED) is 0.0222. The fraction of sp³-hybridized carbons (Fsp3) is 0.946. The van der Waals surface area contributed by atoms with E-state index in [0.29, 0.717) is 25.7 Å². The van der Waals surface area contributed by atoms with Gasteiger partial charge in [0, 0.05) is 25.7 Å². The molecule has 0 aliphatic carbocycles. The fourth-order valence-electron chi connectivity index (χ4n) is 11.2. The second-order valence-corrected chi connectivity index (χ2v) is 31.0. The Bertz CT molecular complexity index is 1820. The van der Waals surface area contributed by atoms with Gasteiger partial charge in [-0.05, 0) is 43.4 Å². The van der Waals surface area contributed by atoms with Gasteiger partial charge in [0.2, 0.25) is 0 Å². The Labute approximate surface area is 568 Å². The highest BCUT2D eigenvalue weighted by Gasteiger charge is 2.30. The molecular weight excluding hydrogens is 1220 g/mol. The number of hydrogen-bond acceptors (Lipinski definition) is 15. The highest BCUT2D eigenvalue weighted by molar-refractivity contribution is 7.47. The predicted octanol–water partition coefficient (Wildman–Crippen LogP) is 21.4. The normalized spacial score (nSPS) is 14.1. The molecule has 0 fully saturated rings. The van der Waals surface area contributed by atoms with Crippen LogP contribution >= 0.6 is 15.6 Å². The van der Waals surface area contributed by atoms with Crippen LogP contribution in [0.2, 0.25) is 0 Å². The number of unbranched alkanes of at least 4 members (excludes halogenated alkanes) is 40. The van der Waals surface area contributed by atoms with Crippen LogP contribution in [0.25, 0.3) is 0 Å². The minimum Gasteiger partial charge on any atom is -0.462 e. The summed E-state index contributed by atoms with van der Waals surface area (Å²) in [6.45, 7) is 11.9. The van der Waals surface area contributed by atoms with Crippen molar-refractivity contribution in [2.75, 3.05) is 39.6 Å². The molecule has 17 nitrogen and oxygen atoms in total. The van der Waals surface area contributed by atoms with Crippen LogP contribution in [-0.4, -0.2) is 96.7 Å². The van der Waals surface area contributed by atoms with Crippen LogP contribution in [0.15, 0.2) is 0 Å². The number of phosphoric acid groups is 2. The Kier molecular flexibility index (Phi) is 63.4. The van der Waals surface area contributed by atoms with Crippen LogP contribution in [0.4, 0.5) is 0 Å². The highest BCUT2D eigenvalue weighted by atomic mass is 31.2. The molecule has 0 amide bonds. The van der Waals surface area contributed by atoms with Gasteiger partial charge < -0.3 is 33.8 Å². The van der Waals surface area contributed by atoms with Gasteiger partial charge in [0.25, 0.3) is 0 Å². The van der Waals surface area contributed by atoms with Crippen molar-refractivity contribution in [2.45, 2.75) is 394 Å². The number of aliphatic hydroxyl groups is 1. The average Bonchev–Trinajstić information content (AvgIpc) is 2.00. The van der Waals surface area contributed by atoms with Gasteiger partial charge in [-0.1, -0.05) is 325 Å². The highest BCUT2D eigenvalue weighted by Crippen LogP contribution is 2.45. The smallest absolute Gasteiger partial charge is 0.462 e. The summed E-state index contributed by atoms with van der Waals surface area (Å²) in [6.07, 6.45) is 49.9. The minimum absolute atomic E-state index is 0.105. The zero-order chi connectivity index (χ0) is 68.7. The number of hydrogen-bond donors (Lipinski definition) is 3. The summed E-state index contributed by atoms with van der Waals surface area (Å²) in [6, 6.07) is 0. The summed E-state index contributed by atoms with van der Waals surface area (Å²) < 4.78 is 68.4. The number of carbonyl (C=O) groups excluding carboxylic acids is 4. The Morgan fingerprint density at radius 2 is 0.495 bits per heavy atom. The first-order chi connectivity index (χ1) is 44.7. The zero-order valence-electron chi connectivity index (χ0n) is 60.7. The maximum atomic E-state index is 13.1. The number of aliphatic hydroxyl groups excluding tert-OH is 1. The van der Waals surface area contributed by atoms with Crippen molar-refractivity contribution < 1.29 is 80.2 Å². The third kappa shape index (κ3) is 68.4. The largest absolute Gasteiger partial charge is 0.472 e. The van der Waals surface area contributed by atoms with Gasteiger partial charge in [0.05, 0.1) is 26.4 Å². The van der Waals surface area contributed by atoms with E-state index in [-0.39, 0.29) is 25.7 Å². The molecule has 0 aliphatic rings.